The third-order valence-corrected chi connectivity index (χ3v) is 3.81. The van der Waals surface area contributed by atoms with Crippen molar-refractivity contribution in [2.24, 2.45) is 0 Å². The van der Waals surface area contributed by atoms with Crippen molar-refractivity contribution in [3.63, 3.8) is 0 Å². The molecule has 0 heterocycles. The van der Waals surface area contributed by atoms with Crippen LogP contribution in [0.3, 0.4) is 0 Å². The van der Waals surface area contributed by atoms with E-state index in [4.69, 9.17) is 22.1 Å². The van der Waals surface area contributed by atoms with E-state index < -0.39 is 0 Å². The molecule has 116 valence electrons. The highest BCUT2D eigenvalue weighted by Crippen LogP contribution is 2.24. The first kappa shape index (κ1) is 17.7. The number of carbonyl (C=O) groups is 2. The number of anilines is 2. The molecule has 0 aliphatic rings. The Balaban J connectivity index is 2.21. The van der Waals surface area contributed by atoms with Crippen LogP contribution in [0.1, 0.15) is 19.8 Å². The van der Waals surface area contributed by atoms with E-state index in [1.807, 2.05) is 0 Å². The molecule has 7 heteroatoms. The van der Waals surface area contributed by atoms with Crippen LogP contribution in [-0.4, -0.2) is 30.0 Å². The number of nitrogens with two attached hydrogens (primary N) is 1. The predicted molar refractivity (Wildman–Crippen MR) is 87.7 cm³/mol. The number of nitrogens with one attached hydrogen (secondary N) is 1. The van der Waals surface area contributed by atoms with Gasteiger partial charge in [-0.25, -0.2) is 0 Å². The van der Waals surface area contributed by atoms with Crippen LogP contribution in [0.25, 0.3) is 0 Å². The molecule has 1 amide bonds. The van der Waals surface area contributed by atoms with Gasteiger partial charge in [-0.3, -0.25) is 9.59 Å². The molecule has 0 aliphatic carbocycles. The highest BCUT2D eigenvalue weighted by atomic mass is 35.5. The van der Waals surface area contributed by atoms with Gasteiger partial charge in [-0.2, -0.15) is 11.8 Å². The fourth-order valence-electron chi connectivity index (χ4n) is 1.54. The lowest BCUT2D eigenvalue weighted by Crippen LogP contribution is -2.12. The maximum atomic E-state index is 11.7. The van der Waals surface area contributed by atoms with Gasteiger partial charge in [0.1, 0.15) is 0 Å². The summed E-state index contributed by atoms with van der Waals surface area (Å²) < 4.78 is 4.81. The lowest BCUT2D eigenvalue weighted by Gasteiger charge is -2.07. The molecule has 0 saturated heterocycles. The Morgan fingerprint density at radius 1 is 1.43 bits per heavy atom. The van der Waals surface area contributed by atoms with Gasteiger partial charge in [0.15, 0.2) is 0 Å². The van der Waals surface area contributed by atoms with Crippen molar-refractivity contribution in [1.29, 1.82) is 0 Å². The van der Waals surface area contributed by atoms with Gasteiger partial charge in [0.25, 0.3) is 0 Å². The molecule has 1 aromatic rings. The molecule has 0 fully saturated rings. The molecule has 0 radical (unpaired) electrons. The standard InChI is InChI=1S/C14H19ClN2O3S/c1-2-20-14(19)9-21-7-3-4-13(18)17-12-6-5-10(16)8-11(12)15/h5-6,8H,2-4,7,9,16H2,1H3,(H,17,18). The quantitative estimate of drug-likeness (QED) is 0.435. The summed E-state index contributed by atoms with van der Waals surface area (Å²) in [6.45, 7) is 2.17. The van der Waals surface area contributed by atoms with Gasteiger partial charge in [-0.1, -0.05) is 11.6 Å². The summed E-state index contributed by atoms with van der Waals surface area (Å²) in [5.74, 6) is 0.708. The van der Waals surface area contributed by atoms with Crippen molar-refractivity contribution in [2.75, 3.05) is 29.2 Å². The normalized spacial score (nSPS) is 10.2. The Bertz CT molecular complexity index is 497. The van der Waals surface area contributed by atoms with Gasteiger partial charge in [-0.05, 0) is 37.3 Å². The summed E-state index contributed by atoms with van der Waals surface area (Å²) in [7, 11) is 0. The monoisotopic (exact) mass is 330 g/mol. The minimum absolute atomic E-state index is 0.113. The Labute approximate surface area is 133 Å². The number of carbonyl (C=O) groups excluding carboxylic acids is 2. The summed E-state index contributed by atoms with van der Waals surface area (Å²) in [5, 5.41) is 3.15. The van der Waals surface area contributed by atoms with Gasteiger partial charge in [0, 0.05) is 12.1 Å². The van der Waals surface area contributed by atoms with E-state index in [1.54, 1.807) is 25.1 Å². The van der Waals surface area contributed by atoms with Crippen molar-refractivity contribution >= 4 is 46.6 Å². The van der Waals surface area contributed by atoms with Gasteiger partial charge in [-0.15, -0.1) is 0 Å². The zero-order valence-electron chi connectivity index (χ0n) is 11.9. The van der Waals surface area contributed by atoms with Crippen LogP contribution in [-0.2, 0) is 14.3 Å². The number of thioether (sulfide) groups is 1. The molecule has 0 bridgehead atoms. The Hall–Kier alpha value is -1.40. The Morgan fingerprint density at radius 3 is 2.86 bits per heavy atom. The summed E-state index contributed by atoms with van der Waals surface area (Å²) in [6.07, 6.45) is 1.05. The molecule has 0 aliphatic heterocycles. The summed E-state index contributed by atoms with van der Waals surface area (Å²) in [6, 6.07) is 4.94. The van der Waals surface area contributed by atoms with Crippen molar-refractivity contribution in [3.05, 3.63) is 23.2 Å². The van der Waals surface area contributed by atoms with Crippen LogP contribution in [0.5, 0.6) is 0 Å². The highest BCUT2D eigenvalue weighted by molar-refractivity contribution is 7.99. The molecule has 1 rings (SSSR count). The van der Waals surface area contributed by atoms with Crippen LogP contribution < -0.4 is 11.1 Å². The third-order valence-electron chi connectivity index (χ3n) is 2.48. The third kappa shape index (κ3) is 7.24. The second kappa shape index (κ2) is 9.52. The highest BCUT2D eigenvalue weighted by Gasteiger charge is 2.07. The first-order chi connectivity index (χ1) is 10.0. The Kier molecular flexibility index (Phi) is 8.00. The average molecular weight is 331 g/mol. The SMILES string of the molecule is CCOC(=O)CSCCCC(=O)Nc1ccc(N)cc1Cl. The van der Waals surface area contributed by atoms with Crippen LogP contribution in [0.4, 0.5) is 11.4 Å². The second-order valence-electron chi connectivity index (χ2n) is 4.25. The lowest BCUT2D eigenvalue weighted by atomic mass is 10.2. The van der Waals surface area contributed by atoms with E-state index >= 15 is 0 Å². The van der Waals surface area contributed by atoms with E-state index in [9.17, 15) is 9.59 Å². The minimum atomic E-state index is -0.222. The number of hydrogen-bond donors (Lipinski definition) is 2. The first-order valence-corrected chi connectivity index (χ1v) is 8.14. The number of benzene rings is 1. The molecule has 0 atom stereocenters. The van der Waals surface area contributed by atoms with Gasteiger partial charge >= 0.3 is 5.97 Å². The number of esters is 1. The summed E-state index contributed by atoms with van der Waals surface area (Å²) >= 11 is 7.43. The summed E-state index contributed by atoms with van der Waals surface area (Å²) in [4.78, 5) is 22.8. The van der Waals surface area contributed by atoms with Crippen molar-refractivity contribution in [3.8, 4) is 0 Å². The number of halogens is 1. The maximum absolute atomic E-state index is 11.7. The molecule has 5 nitrogen and oxygen atoms in total. The molecule has 21 heavy (non-hydrogen) atoms. The van der Waals surface area contributed by atoms with E-state index in [0.717, 1.165) is 5.75 Å². The molecular formula is C14H19ClN2O3S. The van der Waals surface area contributed by atoms with Crippen LogP contribution >= 0.6 is 23.4 Å². The molecule has 0 saturated carbocycles. The average Bonchev–Trinajstić information content (AvgIpc) is 2.42. The number of hydrogen-bond acceptors (Lipinski definition) is 5. The molecule has 0 unspecified atom stereocenters. The number of ether oxygens (including phenoxy) is 1. The lowest BCUT2D eigenvalue weighted by molar-refractivity contribution is -0.139. The Morgan fingerprint density at radius 2 is 2.19 bits per heavy atom. The topological polar surface area (TPSA) is 81.4 Å². The van der Waals surface area contributed by atoms with Crippen molar-refractivity contribution in [2.45, 2.75) is 19.8 Å². The molecular weight excluding hydrogens is 312 g/mol. The number of rotatable bonds is 8. The van der Waals surface area contributed by atoms with E-state index in [-0.39, 0.29) is 11.9 Å². The molecule has 1 aromatic carbocycles. The predicted octanol–water partition coefficient (Wildman–Crippen LogP) is 2.94. The van der Waals surface area contributed by atoms with Crippen LogP contribution in [0.15, 0.2) is 18.2 Å². The molecule has 0 aromatic heterocycles. The van der Waals surface area contributed by atoms with E-state index in [0.29, 0.717) is 41.6 Å². The maximum Gasteiger partial charge on any atom is 0.315 e. The fraction of sp³-hybridized carbons (Fsp3) is 0.429. The molecule has 3 N–H and O–H groups in total. The van der Waals surface area contributed by atoms with E-state index in [2.05, 4.69) is 5.32 Å². The largest absolute Gasteiger partial charge is 0.465 e. The van der Waals surface area contributed by atoms with Gasteiger partial charge in [0.2, 0.25) is 5.91 Å². The summed E-state index contributed by atoms with van der Waals surface area (Å²) in [5.41, 5.74) is 6.68. The van der Waals surface area contributed by atoms with Gasteiger partial charge in [0.05, 0.1) is 23.1 Å². The number of amides is 1. The van der Waals surface area contributed by atoms with Crippen LogP contribution in [0.2, 0.25) is 5.02 Å². The van der Waals surface area contributed by atoms with Crippen molar-refractivity contribution in [1.82, 2.24) is 0 Å². The van der Waals surface area contributed by atoms with Gasteiger partial charge < -0.3 is 15.8 Å². The van der Waals surface area contributed by atoms with Crippen molar-refractivity contribution < 1.29 is 14.3 Å². The second-order valence-corrected chi connectivity index (χ2v) is 5.76. The first-order valence-electron chi connectivity index (χ1n) is 6.61. The van der Waals surface area contributed by atoms with E-state index in [1.165, 1.54) is 11.8 Å². The zero-order valence-corrected chi connectivity index (χ0v) is 13.4. The minimum Gasteiger partial charge on any atom is -0.465 e. The fourth-order valence-corrected chi connectivity index (χ4v) is 2.52. The number of nitrogen functional groups attached to an aromatic ring is 1. The smallest absolute Gasteiger partial charge is 0.315 e. The van der Waals surface area contributed by atoms with Crippen LogP contribution in [0, 0.1) is 0 Å². The zero-order chi connectivity index (χ0) is 15.7. The molecule has 0 spiro atoms.